The van der Waals surface area contributed by atoms with E-state index in [0.717, 1.165) is 0 Å². The van der Waals surface area contributed by atoms with Crippen LogP contribution in [-0.2, 0) is 19.2 Å². The van der Waals surface area contributed by atoms with Gasteiger partial charge in [0.05, 0.1) is 6.04 Å². The maximum atomic E-state index is 13.1. The molecule has 0 heterocycles. The number of carbonyl (C=O) groups excluding carboxylic acids is 3. The van der Waals surface area contributed by atoms with Crippen LogP contribution < -0.4 is 33.2 Å². The molecule has 0 aromatic rings. The van der Waals surface area contributed by atoms with Crippen molar-refractivity contribution in [3.05, 3.63) is 0 Å². The number of carboxylic acid groups (broad SMARTS) is 1. The average Bonchev–Trinajstić information content (AvgIpc) is 2.79. The first-order valence-corrected chi connectivity index (χ1v) is 13.2. The summed E-state index contributed by atoms with van der Waals surface area (Å²) in [6.45, 7) is 7.40. The molecule has 0 aromatic heterocycles. The number of carboxylic acids is 1. The van der Waals surface area contributed by atoms with Gasteiger partial charge in [-0.1, -0.05) is 34.1 Å². The molecule has 13 heteroatoms. The summed E-state index contributed by atoms with van der Waals surface area (Å²) in [5.41, 5.74) is 16.5. The molecule has 0 saturated heterocycles. The third kappa shape index (κ3) is 12.6. The van der Waals surface area contributed by atoms with Crippen LogP contribution in [-0.4, -0.2) is 77.5 Å². The van der Waals surface area contributed by atoms with Crippen molar-refractivity contribution < 1.29 is 24.3 Å². The Kier molecular flexibility index (Phi) is 15.7. The monoisotopic (exact) mass is 517 g/mol. The Bertz CT molecular complexity index is 731. The molecule has 202 valence electrons. The fourth-order valence-electron chi connectivity index (χ4n) is 3.14. The summed E-state index contributed by atoms with van der Waals surface area (Å²) in [6, 6.07) is -3.82. The lowest BCUT2D eigenvalue weighted by molar-refractivity contribution is -0.143. The van der Waals surface area contributed by atoms with Crippen molar-refractivity contribution in [1.29, 1.82) is 0 Å². The Hall–Kier alpha value is -2.54. The van der Waals surface area contributed by atoms with Crippen LogP contribution in [0.25, 0.3) is 0 Å². The van der Waals surface area contributed by atoms with Gasteiger partial charge in [-0.15, -0.1) is 0 Å². The second-order valence-corrected chi connectivity index (χ2v) is 9.82. The maximum Gasteiger partial charge on any atom is 0.326 e. The Morgan fingerprint density at radius 1 is 0.943 bits per heavy atom. The highest BCUT2D eigenvalue weighted by Gasteiger charge is 2.33. The number of nitrogens with one attached hydrogen (secondary N) is 3. The van der Waals surface area contributed by atoms with Crippen molar-refractivity contribution in [1.82, 2.24) is 16.0 Å². The molecule has 5 atom stereocenters. The predicted octanol–water partition coefficient (Wildman–Crippen LogP) is -0.638. The van der Waals surface area contributed by atoms with Gasteiger partial charge in [0.1, 0.15) is 18.1 Å². The Morgan fingerprint density at radius 2 is 1.51 bits per heavy atom. The number of thioether (sulfide) groups is 1. The molecule has 0 bridgehead atoms. The first kappa shape index (κ1) is 32.5. The lowest BCUT2D eigenvalue weighted by Gasteiger charge is -2.29. The minimum atomic E-state index is -1.20. The highest BCUT2D eigenvalue weighted by Crippen LogP contribution is 2.12. The molecule has 0 aromatic carbocycles. The minimum Gasteiger partial charge on any atom is -0.480 e. The summed E-state index contributed by atoms with van der Waals surface area (Å²) in [7, 11) is 0. The van der Waals surface area contributed by atoms with Crippen molar-refractivity contribution in [3.63, 3.8) is 0 Å². The molecule has 0 fully saturated rings. The number of guanidine groups is 1. The van der Waals surface area contributed by atoms with Crippen LogP contribution in [0.5, 0.6) is 0 Å². The van der Waals surface area contributed by atoms with E-state index in [-0.39, 0.29) is 30.8 Å². The molecule has 1 unspecified atom stereocenters. The normalized spacial score (nSPS) is 15.3. The van der Waals surface area contributed by atoms with Crippen molar-refractivity contribution in [2.24, 2.45) is 34.0 Å². The van der Waals surface area contributed by atoms with Gasteiger partial charge in [-0.2, -0.15) is 11.8 Å². The predicted molar refractivity (Wildman–Crippen MR) is 139 cm³/mol. The second-order valence-electron chi connectivity index (χ2n) is 8.84. The zero-order valence-corrected chi connectivity index (χ0v) is 22.2. The number of hydrogen-bond acceptors (Lipinski definition) is 7. The van der Waals surface area contributed by atoms with E-state index in [1.807, 2.05) is 13.2 Å². The molecule has 3 amide bonds. The van der Waals surface area contributed by atoms with E-state index >= 15 is 0 Å². The number of rotatable bonds is 17. The summed E-state index contributed by atoms with van der Waals surface area (Å²) in [4.78, 5) is 54.0. The molecule has 35 heavy (non-hydrogen) atoms. The van der Waals surface area contributed by atoms with Crippen LogP contribution in [0.3, 0.4) is 0 Å². The quantitative estimate of drug-likeness (QED) is 0.0740. The Labute approximate surface area is 212 Å². The molecule has 0 aliphatic carbocycles. The second kappa shape index (κ2) is 17.0. The number of hydrogen-bond donors (Lipinski definition) is 7. The zero-order chi connectivity index (χ0) is 27.1. The molecule has 0 saturated carbocycles. The lowest BCUT2D eigenvalue weighted by atomic mass is 9.96. The van der Waals surface area contributed by atoms with Crippen LogP contribution in [0.2, 0.25) is 0 Å². The van der Waals surface area contributed by atoms with E-state index in [1.165, 1.54) is 0 Å². The summed E-state index contributed by atoms with van der Waals surface area (Å²) < 4.78 is 0. The fraction of sp³-hybridized carbons (Fsp3) is 0.773. The molecular formula is C22H43N7O5S. The van der Waals surface area contributed by atoms with Crippen LogP contribution in [0.4, 0.5) is 0 Å². The number of amides is 3. The van der Waals surface area contributed by atoms with Crippen LogP contribution in [0.1, 0.15) is 53.4 Å². The van der Waals surface area contributed by atoms with Gasteiger partial charge in [-0.3, -0.25) is 19.4 Å². The van der Waals surface area contributed by atoms with Crippen LogP contribution in [0, 0.1) is 11.8 Å². The number of aliphatic imine (C=N–C) groups is 1. The smallest absolute Gasteiger partial charge is 0.326 e. The molecule has 0 aliphatic heterocycles. The molecule has 10 N–H and O–H groups in total. The number of nitrogens with two attached hydrogens (primary N) is 3. The molecule has 0 spiro atoms. The summed E-state index contributed by atoms with van der Waals surface area (Å²) in [6.07, 6.45) is 3.38. The van der Waals surface area contributed by atoms with Gasteiger partial charge in [0.15, 0.2) is 5.96 Å². The summed E-state index contributed by atoms with van der Waals surface area (Å²) in [5.74, 6) is -2.75. The molecule has 0 aliphatic rings. The Balaban J connectivity index is 5.40. The third-order valence-electron chi connectivity index (χ3n) is 5.57. The number of nitrogens with zero attached hydrogens (tertiary/aromatic N) is 1. The third-order valence-corrected chi connectivity index (χ3v) is 6.21. The lowest BCUT2D eigenvalue weighted by Crippen LogP contribution is -2.59. The topological polar surface area (TPSA) is 215 Å². The Morgan fingerprint density at radius 3 is 2.00 bits per heavy atom. The SMILES string of the molecule is CCC(C)[C@H](NC(=O)[C@@H](NC(=O)[C@@H](N)CCSC)C(C)C)C(=O)N[C@@H](CCCN=C(N)N)C(=O)O. The maximum absolute atomic E-state index is 13.1. The van der Waals surface area contributed by atoms with Gasteiger partial charge >= 0.3 is 5.97 Å². The standard InChI is InChI=1S/C22H43N7O5S/c1-6-13(4)17(20(32)27-15(21(33)34)8-7-10-26-22(24)25)29-19(31)16(12(2)3)28-18(30)14(23)9-11-35-5/h12-17H,6-11,23H2,1-5H3,(H,27,32)(H,28,30)(H,29,31)(H,33,34)(H4,24,25,26)/t13?,14-,15-,16-,17-/m0/s1. The average molecular weight is 518 g/mol. The molecular weight excluding hydrogens is 474 g/mol. The van der Waals surface area contributed by atoms with E-state index in [4.69, 9.17) is 17.2 Å². The number of carbonyl (C=O) groups is 4. The molecule has 12 nitrogen and oxygen atoms in total. The minimum absolute atomic E-state index is 0.0996. The summed E-state index contributed by atoms with van der Waals surface area (Å²) in [5, 5.41) is 17.4. The van der Waals surface area contributed by atoms with E-state index in [1.54, 1.807) is 32.5 Å². The molecule has 0 rings (SSSR count). The van der Waals surface area contributed by atoms with Crippen molar-refractivity contribution >= 4 is 41.4 Å². The fourth-order valence-corrected chi connectivity index (χ4v) is 3.63. The molecule has 0 radical (unpaired) electrons. The van der Waals surface area contributed by atoms with E-state index < -0.39 is 47.9 Å². The van der Waals surface area contributed by atoms with Gasteiger partial charge in [-0.05, 0) is 43.1 Å². The zero-order valence-electron chi connectivity index (χ0n) is 21.4. The van der Waals surface area contributed by atoms with E-state index in [9.17, 15) is 24.3 Å². The van der Waals surface area contributed by atoms with Gasteiger partial charge in [0.2, 0.25) is 17.7 Å². The highest BCUT2D eigenvalue weighted by atomic mass is 32.2. The first-order chi connectivity index (χ1) is 16.3. The van der Waals surface area contributed by atoms with Crippen molar-refractivity contribution in [2.45, 2.75) is 77.5 Å². The van der Waals surface area contributed by atoms with E-state index in [2.05, 4.69) is 20.9 Å². The number of aliphatic carboxylic acids is 1. The summed E-state index contributed by atoms with van der Waals surface area (Å²) >= 11 is 1.57. The van der Waals surface area contributed by atoms with Crippen LogP contribution in [0.15, 0.2) is 4.99 Å². The van der Waals surface area contributed by atoms with Crippen molar-refractivity contribution in [3.8, 4) is 0 Å². The first-order valence-electron chi connectivity index (χ1n) is 11.8. The highest BCUT2D eigenvalue weighted by molar-refractivity contribution is 7.98. The van der Waals surface area contributed by atoms with Gasteiger partial charge in [0, 0.05) is 6.54 Å². The van der Waals surface area contributed by atoms with Crippen molar-refractivity contribution in [2.75, 3.05) is 18.6 Å². The van der Waals surface area contributed by atoms with Gasteiger partial charge < -0.3 is 38.3 Å². The van der Waals surface area contributed by atoms with E-state index in [0.29, 0.717) is 25.0 Å². The van der Waals surface area contributed by atoms with Gasteiger partial charge in [-0.25, -0.2) is 4.79 Å². The van der Waals surface area contributed by atoms with Crippen LogP contribution >= 0.6 is 11.8 Å². The largest absolute Gasteiger partial charge is 0.480 e. The van der Waals surface area contributed by atoms with Gasteiger partial charge in [0.25, 0.3) is 0 Å².